The number of hydrogen-bond acceptors (Lipinski definition) is 3. The molecule has 4 nitrogen and oxygen atoms in total. The van der Waals surface area contributed by atoms with Crippen LogP contribution in [0, 0.1) is 34.6 Å². The van der Waals surface area contributed by atoms with Gasteiger partial charge in [0.25, 0.3) is 5.91 Å². The summed E-state index contributed by atoms with van der Waals surface area (Å²) >= 11 is 0. The van der Waals surface area contributed by atoms with Crippen LogP contribution in [-0.2, 0) is 6.61 Å². The summed E-state index contributed by atoms with van der Waals surface area (Å²) in [6.45, 7) is 10.5. The van der Waals surface area contributed by atoms with E-state index in [4.69, 9.17) is 9.47 Å². The molecule has 3 rings (SSSR count). The van der Waals surface area contributed by atoms with E-state index in [-0.39, 0.29) is 5.91 Å². The van der Waals surface area contributed by atoms with Gasteiger partial charge in [-0.2, -0.15) is 0 Å². The zero-order valence-electron chi connectivity index (χ0n) is 18.6. The number of ether oxygens (including phenoxy) is 2. The maximum absolute atomic E-state index is 12.9. The normalized spacial score (nSPS) is 10.6. The Morgan fingerprint density at radius 1 is 0.833 bits per heavy atom. The van der Waals surface area contributed by atoms with Gasteiger partial charge >= 0.3 is 0 Å². The lowest BCUT2D eigenvalue weighted by molar-refractivity contribution is 0.102. The topological polar surface area (TPSA) is 47.6 Å². The first kappa shape index (κ1) is 21.4. The fourth-order valence-electron chi connectivity index (χ4n) is 3.56. The highest BCUT2D eigenvalue weighted by Crippen LogP contribution is 2.26. The predicted molar refractivity (Wildman–Crippen MR) is 122 cm³/mol. The molecule has 0 aliphatic carbocycles. The number of aryl methyl sites for hydroxylation is 5. The minimum atomic E-state index is -0.153. The van der Waals surface area contributed by atoms with Crippen LogP contribution in [-0.4, -0.2) is 13.0 Å². The van der Waals surface area contributed by atoms with Crippen molar-refractivity contribution in [3.63, 3.8) is 0 Å². The van der Waals surface area contributed by atoms with Crippen LogP contribution in [0.3, 0.4) is 0 Å². The summed E-state index contributed by atoms with van der Waals surface area (Å²) in [6, 6.07) is 15.6. The first-order valence-corrected chi connectivity index (χ1v) is 10.0. The summed E-state index contributed by atoms with van der Waals surface area (Å²) in [5.74, 6) is 1.33. The Kier molecular flexibility index (Phi) is 6.46. The molecule has 0 heterocycles. The highest BCUT2D eigenvalue weighted by atomic mass is 16.5. The van der Waals surface area contributed by atoms with Gasteiger partial charge in [0, 0.05) is 16.8 Å². The van der Waals surface area contributed by atoms with Gasteiger partial charge in [-0.1, -0.05) is 23.8 Å². The maximum atomic E-state index is 12.9. The lowest BCUT2D eigenvalue weighted by Crippen LogP contribution is -2.14. The molecule has 0 atom stereocenters. The number of hydrogen-bond donors (Lipinski definition) is 1. The van der Waals surface area contributed by atoms with Crippen LogP contribution < -0.4 is 14.8 Å². The second-order valence-corrected chi connectivity index (χ2v) is 7.79. The number of carbonyl (C=O) groups is 1. The molecule has 4 heteroatoms. The van der Waals surface area contributed by atoms with Crippen molar-refractivity contribution in [3.8, 4) is 11.5 Å². The Labute approximate surface area is 178 Å². The number of nitrogens with one attached hydrogen (secondary N) is 1. The summed E-state index contributed by atoms with van der Waals surface area (Å²) in [4.78, 5) is 12.9. The van der Waals surface area contributed by atoms with Crippen LogP contribution in [0.25, 0.3) is 0 Å². The zero-order chi connectivity index (χ0) is 21.8. The number of rotatable bonds is 6. The van der Waals surface area contributed by atoms with Gasteiger partial charge in [0.2, 0.25) is 0 Å². The molecule has 0 spiro atoms. The fourth-order valence-corrected chi connectivity index (χ4v) is 3.56. The highest BCUT2D eigenvalue weighted by Gasteiger charge is 2.14. The monoisotopic (exact) mass is 403 g/mol. The van der Waals surface area contributed by atoms with E-state index in [0.717, 1.165) is 28.1 Å². The molecule has 30 heavy (non-hydrogen) atoms. The van der Waals surface area contributed by atoms with Gasteiger partial charge in [0.15, 0.2) is 0 Å². The SMILES string of the molecule is COc1ccc(C(=O)Nc2c(C)cc(C)cc2C)cc1COc1ccc(C)c(C)c1. The van der Waals surface area contributed by atoms with Crippen molar-refractivity contribution in [1.29, 1.82) is 0 Å². The molecule has 0 aromatic heterocycles. The van der Waals surface area contributed by atoms with Crippen LogP contribution in [0.1, 0.15) is 43.7 Å². The summed E-state index contributed by atoms with van der Waals surface area (Å²) in [5, 5.41) is 3.05. The molecule has 0 fully saturated rings. The largest absolute Gasteiger partial charge is 0.496 e. The molecule has 1 N–H and O–H groups in total. The van der Waals surface area contributed by atoms with Crippen LogP contribution in [0.4, 0.5) is 5.69 Å². The third-order valence-electron chi connectivity index (χ3n) is 5.33. The molecule has 0 aliphatic heterocycles. The molecular weight excluding hydrogens is 374 g/mol. The molecule has 0 unspecified atom stereocenters. The Balaban J connectivity index is 1.81. The van der Waals surface area contributed by atoms with Crippen LogP contribution in [0.2, 0.25) is 0 Å². The van der Waals surface area contributed by atoms with Gasteiger partial charge in [-0.3, -0.25) is 4.79 Å². The minimum absolute atomic E-state index is 0.153. The Morgan fingerprint density at radius 3 is 2.17 bits per heavy atom. The summed E-state index contributed by atoms with van der Waals surface area (Å²) < 4.78 is 11.4. The lowest BCUT2D eigenvalue weighted by atomic mass is 10.0. The quantitative estimate of drug-likeness (QED) is 0.543. The van der Waals surface area contributed by atoms with Crippen molar-refractivity contribution in [3.05, 3.63) is 87.5 Å². The van der Waals surface area contributed by atoms with Crippen molar-refractivity contribution in [2.24, 2.45) is 0 Å². The lowest BCUT2D eigenvalue weighted by Gasteiger charge is -2.15. The second-order valence-electron chi connectivity index (χ2n) is 7.79. The number of methoxy groups -OCH3 is 1. The average molecular weight is 404 g/mol. The Hall–Kier alpha value is -3.27. The Bertz CT molecular complexity index is 1060. The highest BCUT2D eigenvalue weighted by molar-refractivity contribution is 6.05. The molecule has 3 aromatic carbocycles. The molecule has 0 saturated carbocycles. The van der Waals surface area contributed by atoms with Crippen molar-refractivity contribution in [2.75, 3.05) is 12.4 Å². The number of benzene rings is 3. The molecular formula is C26H29NO3. The molecule has 0 radical (unpaired) electrons. The van der Waals surface area contributed by atoms with Gasteiger partial charge in [-0.15, -0.1) is 0 Å². The van der Waals surface area contributed by atoms with E-state index in [0.29, 0.717) is 17.9 Å². The van der Waals surface area contributed by atoms with Crippen molar-refractivity contribution in [1.82, 2.24) is 0 Å². The van der Waals surface area contributed by atoms with E-state index in [1.165, 1.54) is 16.7 Å². The van der Waals surface area contributed by atoms with E-state index >= 15 is 0 Å². The van der Waals surface area contributed by atoms with Crippen molar-refractivity contribution in [2.45, 2.75) is 41.2 Å². The van der Waals surface area contributed by atoms with Gasteiger partial charge in [0.05, 0.1) is 7.11 Å². The first-order chi connectivity index (χ1) is 14.3. The molecule has 0 bridgehead atoms. The number of amides is 1. The van der Waals surface area contributed by atoms with Gasteiger partial charge in [-0.25, -0.2) is 0 Å². The van der Waals surface area contributed by atoms with E-state index in [9.17, 15) is 4.79 Å². The van der Waals surface area contributed by atoms with Crippen molar-refractivity contribution < 1.29 is 14.3 Å². The number of carbonyl (C=O) groups excluding carboxylic acids is 1. The third-order valence-corrected chi connectivity index (χ3v) is 5.33. The molecule has 1 amide bonds. The minimum Gasteiger partial charge on any atom is -0.496 e. The standard InChI is InChI=1S/C26H29NO3/c1-16-11-19(4)25(20(5)12-16)27-26(28)21-8-10-24(29-6)22(14-21)15-30-23-9-7-17(2)18(3)13-23/h7-14H,15H2,1-6H3,(H,27,28). The van der Waals surface area contributed by atoms with E-state index in [2.05, 4.69) is 38.2 Å². The van der Waals surface area contributed by atoms with Crippen LogP contribution >= 0.6 is 0 Å². The molecule has 3 aromatic rings. The van der Waals surface area contributed by atoms with Gasteiger partial charge < -0.3 is 14.8 Å². The molecule has 0 aliphatic rings. The predicted octanol–water partition coefficient (Wildman–Crippen LogP) is 6.07. The van der Waals surface area contributed by atoms with Gasteiger partial charge in [-0.05, 0) is 87.2 Å². The zero-order valence-corrected chi connectivity index (χ0v) is 18.6. The summed E-state index contributed by atoms with van der Waals surface area (Å²) in [7, 11) is 1.62. The van der Waals surface area contributed by atoms with E-state index in [1.54, 1.807) is 13.2 Å². The van der Waals surface area contributed by atoms with Gasteiger partial charge in [0.1, 0.15) is 18.1 Å². The average Bonchev–Trinajstić information content (AvgIpc) is 2.71. The summed E-state index contributed by atoms with van der Waals surface area (Å²) in [5.41, 5.74) is 7.92. The van der Waals surface area contributed by atoms with E-state index < -0.39 is 0 Å². The summed E-state index contributed by atoms with van der Waals surface area (Å²) in [6.07, 6.45) is 0. The smallest absolute Gasteiger partial charge is 0.255 e. The Morgan fingerprint density at radius 2 is 1.53 bits per heavy atom. The molecule has 156 valence electrons. The first-order valence-electron chi connectivity index (χ1n) is 10.0. The van der Waals surface area contributed by atoms with Crippen molar-refractivity contribution >= 4 is 11.6 Å². The fraction of sp³-hybridized carbons (Fsp3) is 0.269. The van der Waals surface area contributed by atoms with E-state index in [1.807, 2.05) is 44.2 Å². The third kappa shape index (κ3) is 4.82. The van der Waals surface area contributed by atoms with Crippen LogP contribution in [0.15, 0.2) is 48.5 Å². The number of anilines is 1. The molecule has 0 saturated heterocycles. The second kappa shape index (κ2) is 9.04. The van der Waals surface area contributed by atoms with Crippen LogP contribution in [0.5, 0.6) is 11.5 Å². The maximum Gasteiger partial charge on any atom is 0.255 e.